The van der Waals surface area contributed by atoms with E-state index >= 15 is 0 Å². The van der Waals surface area contributed by atoms with E-state index < -0.39 is 0 Å². The van der Waals surface area contributed by atoms with Gasteiger partial charge < -0.3 is 5.73 Å². The molecule has 0 bridgehead atoms. The zero-order chi connectivity index (χ0) is 13.3. The second kappa shape index (κ2) is 6.04. The van der Waals surface area contributed by atoms with Crippen molar-refractivity contribution in [3.05, 3.63) is 20.3 Å². The maximum atomic E-state index is 6.05. The van der Waals surface area contributed by atoms with E-state index in [2.05, 4.69) is 47.7 Å². The first-order valence-electron chi connectivity index (χ1n) is 6.74. The van der Waals surface area contributed by atoms with Crippen LogP contribution in [0.2, 0.25) is 0 Å². The first-order valence-corrected chi connectivity index (χ1v) is 8.35. The molecular weight excluding hydrogens is 308 g/mol. The number of nitrogens with zero attached hydrogens (tertiary/aromatic N) is 1. The Morgan fingerprint density at radius 3 is 2.56 bits per heavy atom. The van der Waals surface area contributed by atoms with Gasteiger partial charge in [0.15, 0.2) is 0 Å². The molecule has 1 heterocycles. The van der Waals surface area contributed by atoms with Crippen LogP contribution < -0.4 is 5.73 Å². The number of hydrogen-bond donors (Lipinski definition) is 1. The maximum absolute atomic E-state index is 6.05. The molecule has 1 unspecified atom stereocenters. The summed E-state index contributed by atoms with van der Waals surface area (Å²) in [5.74, 6) is 0.908. The van der Waals surface area contributed by atoms with Crippen LogP contribution in [0.1, 0.15) is 42.5 Å². The number of thiophene rings is 1. The minimum atomic E-state index is 0.376. The minimum Gasteiger partial charge on any atom is -0.329 e. The summed E-state index contributed by atoms with van der Waals surface area (Å²) >= 11 is 5.49. The molecule has 1 aliphatic carbocycles. The molecule has 0 aliphatic heterocycles. The SMILES string of the molecule is Cc1sc(C(CN)N(CC2CC2)C(C)C)cc1Br. The second-order valence-corrected chi connectivity index (χ2v) is 7.68. The fourth-order valence-electron chi connectivity index (χ4n) is 2.36. The average Bonchev–Trinajstić information content (AvgIpc) is 3.06. The molecule has 1 aliphatic rings. The van der Waals surface area contributed by atoms with Gasteiger partial charge in [-0.1, -0.05) is 0 Å². The lowest BCUT2D eigenvalue weighted by Crippen LogP contribution is -2.39. The number of aryl methyl sites for hydroxylation is 1. The van der Waals surface area contributed by atoms with Crippen LogP contribution in [0.3, 0.4) is 0 Å². The highest BCUT2D eigenvalue weighted by Gasteiger charge is 2.30. The van der Waals surface area contributed by atoms with Gasteiger partial charge >= 0.3 is 0 Å². The number of halogens is 1. The van der Waals surface area contributed by atoms with Crippen LogP contribution in [0.25, 0.3) is 0 Å². The molecule has 4 heteroatoms. The standard InChI is InChI=1S/C14H23BrN2S/c1-9(2)17(8-11-4-5-11)13(7-16)14-6-12(15)10(3)18-14/h6,9,11,13H,4-5,7-8,16H2,1-3H3. The Morgan fingerprint density at radius 1 is 1.50 bits per heavy atom. The number of rotatable bonds is 6. The van der Waals surface area contributed by atoms with Crippen LogP contribution in [0.15, 0.2) is 10.5 Å². The minimum absolute atomic E-state index is 0.376. The van der Waals surface area contributed by atoms with E-state index in [1.54, 1.807) is 0 Å². The van der Waals surface area contributed by atoms with E-state index in [4.69, 9.17) is 5.73 Å². The van der Waals surface area contributed by atoms with Gasteiger partial charge in [0.1, 0.15) is 0 Å². The lowest BCUT2D eigenvalue weighted by Gasteiger charge is -2.34. The third-order valence-electron chi connectivity index (χ3n) is 3.66. The Morgan fingerprint density at radius 2 is 2.17 bits per heavy atom. The maximum Gasteiger partial charge on any atom is 0.0567 e. The summed E-state index contributed by atoms with van der Waals surface area (Å²) in [6.45, 7) is 8.62. The van der Waals surface area contributed by atoms with Crippen molar-refractivity contribution >= 4 is 27.3 Å². The zero-order valence-electron chi connectivity index (χ0n) is 11.4. The van der Waals surface area contributed by atoms with Gasteiger partial charge in [0, 0.05) is 33.4 Å². The van der Waals surface area contributed by atoms with Crippen LogP contribution in [0.5, 0.6) is 0 Å². The Balaban J connectivity index is 2.17. The second-order valence-electron chi connectivity index (χ2n) is 5.54. The molecule has 102 valence electrons. The van der Waals surface area contributed by atoms with Gasteiger partial charge in [-0.3, -0.25) is 4.90 Å². The van der Waals surface area contributed by atoms with Gasteiger partial charge in [-0.25, -0.2) is 0 Å². The van der Waals surface area contributed by atoms with Crippen LogP contribution in [0.4, 0.5) is 0 Å². The van der Waals surface area contributed by atoms with Gasteiger partial charge in [0.25, 0.3) is 0 Å². The van der Waals surface area contributed by atoms with Gasteiger partial charge in [0.05, 0.1) is 6.04 Å². The lowest BCUT2D eigenvalue weighted by molar-refractivity contribution is 0.152. The zero-order valence-corrected chi connectivity index (χ0v) is 13.9. The molecule has 2 rings (SSSR count). The molecule has 2 N–H and O–H groups in total. The molecule has 0 aromatic carbocycles. The van der Waals surface area contributed by atoms with Crippen LogP contribution in [-0.4, -0.2) is 24.0 Å². The average molecular weight is 331 g/mol. The Labute approximate surface area is 123 Å². The predicted octanol–water partition coefficient (Wildman–Crippen LogP) is 3.94. The summed E-state index contributed by atoms with van der Waals surface area (Å²) in [6.07, 6.45) is 2.79. The summed E-state index contributed by atoms with van der Waals surface area (Å²) in [5, 5.41) is 0. The summed E-state index contributed by atoms with van der Waals surface area (Å²) in [4.78, 5) is 5.32. The molecule has 1 saturated carbocycles. The van der Waals surface area contributed by atoms with Crippen molar-refractivity contribution in [2.45, 2.75) is 45.7 Å². The number of hydrogen-bond acceptors (Lipinski definition) is 3. The Kier molecular flexibility index (Phi) is 4.86. The van der Waals surface area contributed by atoms with E-state index in [0.717, 1.165) is 5.92 Å². The molecule has 1 atom stereocenters. The fraction of sp³-hybridized carbons (Fsp3) is 0.714. The molecule has 0 radical (unpaired) electrons. The molecule has 0 spiro atoms. The Hall–Kier alpha value is 0.100. The van der Waals surface area contributed by atoms with E-state index in [-0.39, 0.29) is 0 Å². The van der Waals surface area contributed by atoms with Crippen molar-refractivity contribution in [2.24, 2.45) is 11.7 Å². The normalized spacial score (nSPS) is 17.7. The summed E-state index contributed by atoms with van der Waals surface area (Å²) in [5.41, 5.74) is 6.05. The van der Waals surface area contributed by atoms with Crippen LogP contribution >= 0.6 is 27.3 Å². The quantitative estimate of drug-likeness (QED) is 0.855. The van der Waals surface area contributed by atoms with Crippen molar-refractivity contribution in [2.75, 3.05) is 13.1 Å². The lowest BCUT2D eigenvalue weighted by atomic mass is 10.1. The summed E-state index contributed by atoms with van der Waals surface area (Å²) < 4.78 is 1.22. The molecule has 18 heavy (non-hydrogen) atoms. The first-order chi connectivity index (χ1) is 8.52. The van der Waals surface area contributed by atoms with Gasteiger partial charge in [-0.2, -0.15) is 0 Å². The molecule has 1 aromatic heterocycles. The van der Waals surface area contributed by atoms with Crippen LogP contribution in [0, 0.1) is 12.8 Å². The van der Waals surface area contributed by atoms with E-state index in [1.807, 2.05) is 11.3 Å². The highest BCUT2D eigenvalue weighted by atomic mass is 79.9. The van der Waals surface area contributed by atoms with Crippen molar-refractivity contribution in [3.63, 3.8) is 0 Å². The van der Waals surface area contributed by atoms with Crippen molar-refractivity contribution in [3.8, 4) is 0 Å². The highest BCUT2D eigenvalue weighted by molar-refractivity contribution is 9.10. The van der Waals surface area contributed by atoms with Gasteiger partial charge in [-0.05, 0) is 61.5 Å². The molecule has 1 fully saturated rings. The molecular formula is C14H23BrN2S. The molecule has 2 nitrogen and oxygen atoms in total. The number of nitrogens with two attached hydrogens (primary N) is 1. The molecule has 1 aromatic rings. The summed E-state index contributed by atoms with van der Waals surface area (Å²) in [7, 11) is 0. The smallest absolute Gasteiger partial charge is 0.0567 e. The van der Waals surface area contributed by atoms with Crippen molar-refractivity contribution in [1.29, 1.82) is 0 Å². The first kappa shape index (κ1) is 14.5. The third-order valence-corrected chi connectivity index (χ3v) is 5.90. The molecule has 0 saturated heterocycles. The Bertz CT molecular complexity index is 379. The van der Waals surface area contributed by atoms with E-state index in [1.165, 1.54) is 33.6 Å². The van der Waals surface area contributed by atoms with E-state index in [0.29, 0.717) is 18.6 Å². The molecule has 0 amide bonds. The van der Waals surface area contributed by atoms with Crippen molar-refractivity contribution in [1.82, 2.24) is 4.90 Å². The van der Waals surface area contributed by atoms with Gasteiger partial charge in [0.2, 0.25) is 0 Å². The predicted molar refractivity (Wildman–Crippen MR) is 83.1 cm³/mol. The topological polar surface area (TPSA) is 29.3 Å². The van der Waals surface area contributed by atoms with Gasteiger partial charge in [-0.15, -0.1) is 11.3 Å². The largest absolute Gasteiger partial charge is 0.329 e. The highest BCUT2D eigenvalue weighted by Crippen LogP contribution is 2.37. The monoisotopic (exact) mass is 330 g/mol. The van der Waals surface area contributed by atoms with E-state index in [9.17, 15) is 0 Å². The third kappa shape index (κ3) is 3.35. The summed E-state index contributed by atoms with van der Waals surface area (Å²) in [6, 6.07) is 3.18. The van der Waals surface area contributed by atoms with Crippen LogP contribution in [-0.2, 0) is 0 Å². The van der Waals surface area contributed by atoms with Crippen molar-refractivity contribution < 1.29 is 0 Å². The fourth-order valence-corrected chi connectivity index (χ4v) is 4.05.